The van der Waals surface area contributed by atoms with Gasteiger partial charge in [-0.05, 0) is 47.9 Å². The molecule has 2 aromatic rings. The van der Waals surface area contributed by atoms with Gasteiger partial charge in [-0.3, -0.25) is 4.79 Å². The first-order chi connectivity index (χ1) is 13.3. The quantitative estimate of drug-likeness (QED) is 0.614. The fourth-order valence-corrected chi connectivity index (χ4v) is 3.15. The first-order valence-corrected chi connectivity index (χ1v) is 10.6. The molecule has 158 valence electrons. The molecule has 0 atom stereocenters. The van der Waals surface area contributed by atoms with E-state index in [1.807, 2.05) is 13.8 Å². The van der Waals surface area contributed by atoms with Gasteiger partial charge in [-0.1, -0.05) is 26.0 Å². The number of rotatable bonds is 7. The lowest BCUT2D eigenvalue weighted by Gasteiger charge is -2.25. The highest BCUT2D eigenvalue weighted by Gasteiger charge is 2.30. The van der Waals surface area contributed by atoms with E-state index >= 15 is 0 Å². The van der Waals surface area contributed by atoms with E-state index in [-0.39, 0.29) is 29.7 Å². The van der Waals surface area contributed by atoms with E-state index in [0.29, 0.717) is 6.54 Å². The third-order valence-electron chi connectivity index (χ3n) is 3.88. The summed E-state index contributed by atoms with van der Waals surface area (Å²) in [6.45, 7) is 4.48. The molecule has 0 heterocycles. The molecule has 0 fully saturated rings. The van der Waals surface area contributed by atoms with Crippen LogP contribution < -0.4 is 4.18 Å². The maximum atomic E-state index is 12.8. The number of halogens is 3. The highest BCUT2D eigenvalue weighted by molar-refractivity contribution is 7.86. The van der Waals surface area contributed by atoms with Gasteiger partial charge in [0.15, 0.2) is 0 Å². The molecule has 0 aliphatic heterocycles. The van der Waals surface area contributed by atoms with Gasteiger partial charge in [0.25, 0.3) is 5.91 Å². The number of alkyl halides is 3. The van der Waals surface area contributed by atoms with Crippen LogP contribution in [0.15, 0.2) is 48.5 Å². The Kier molecular flexibility index (Phi) is 6.94. The number of carbonyl (C=O) groups is 1. The van der Waals surface area contributed by atoms with Crippen LogP contribution in [0.3, 0.4) is 0 Å². The molecule has 0 saturated carbocycles. The molecular weight excluding hydrogens is 407 g/mol. The summed E-state index contributed by atoms with van der Waals surface area (Å²) in [4.78, 5) is 14.4. The highest BCUT2D eigenvalue weighted by atomic mass is 32.2. The van der Waals surface area contributed by atoms with Crippen molar-refractivity contribution in [2.75, 3.05) is 12.8 Å². The van der Waals surface area contributed by atoms with Gasteiger partial charge in [0.2, 0.25) is 0 Å². The Bertz CT molecular complexity index is 937. The predicted octanol–water partition coefficient (Wildman–Crippen LogP) is 4.34. The second-order valence-electron chi connectivity index (χ2n) is 7.09. The van der Waals surface area contributed by atoms with Gasteiger partial charge in [-0.15, -0.1) is 0 Å². The van der Waals surface area contributed by atoms with Crippen LogP contribution in [-0.2, 0) is 22.8 Å². The topological polar surface area (TPSA) is 63.7 Å². The van der Waals surface area contributed by atoms with Crippen molar-refractivity contribution in [3.05, 3.63) is 65.2 Å². The van der Waals surface area contributed by atoms with E-state index in [1.165, 1.54) is 24.3 Å². The Hall–Kier alpha value is -2.55. The van der Waals surface area contributed by atoms with E-state index in [1.54, 1.807) is 17.0 Å². The summed E-state index contributed by atoms with van der Waals surface area (Å²) < 4.78 is 65.3. The van der Waals surface area contributed by atoms with Gasteiger partial charge < -0.3 is 9.08 Å². The smallest absolute Gasteiger partial charge is 0.383 e. The van der Waals surface area contributed by atoms with Crippen LogP contribution in [-0.4, -0.2) is 32.0 Å². The lowest BCUT2D eigenvalue weighted by molar-refractivity contribution is -0.137. The molecule has 5 nitrogen and oxygen atoms in total. The molecule has 0 bridgehead atoms. The first-order valence-electron chi connectivity index (χ1n) is 8.80. The second-order valence-corrected chi connectivity index (χ2v) is 8.66. The number of nitrogens with zero attached hydrogens (tertiary/aromatic N) is 1. The molecule has 9 heteroatoms. The maximum Gasteiger partial charge on any atom is 0.416 e. The molecule has 0 aliphatic carbocycles. The number of carbonyl (C=O) groups excluding carboxylic acids is 1. The molecule has 0 aromatic heterocycles. The monoisotopic (exact) mass is 429 g/mol. The van der Waals surface area contributed by atoms with Gasteiger partial charge in [0, 0.05) is 18.7 Å². The average Bonchev–Trinajstić information content (AvgIpc) is 2.60. The Morgan fingerprint density at radius 2 is 1.59 bits per heavy atom. The zero-order chi connectivity index (χ0) is 21.8. The van der Waals surface area contributed by atoms with Gasteiger partial charge in [-0.2, -0.15) is 21.6 Å². The largest absolute Gasteiger partial charge is 0.416 e. The van der Waals surface area contributed by atoms with E-state index in [4.69, 9.17) is 4.18 Å². The number of amides is 1. The first kappa shape index (κ1) is 22.7. The SMILES string of the molecule is CC(C)CN(Cc1ccc(OS(C)(=O)=O)cc1)C(=O)c1ccc(C(F)(F)F)cc1. The maximum absolute atomic E-state index is 12.8. The molecule has 0 radical (unpaired) electrons. The van der Waals surface area contributed by atoms with Crippen molar-refractivity contribution < 1.29 is 30.6 Å². The zero-order valence-corrected chi connectivity index (χ0v) is 17.0. The third-order valence-corrected chi connectivity index (χ3v) is 4.37. The van der Waals surface area contributed by atoms with Crippen LogP contribution in [0, 0.1) is 5.92 Å². The summed E-state index contributed by atoms with van der Waals surface area (Å²) in [5, 5.41) is 0. The zero-order valence-electron chi connectivity index (χ0n) is 16.2. The fourth-order valence-electron chi connectivity index (χ4n) is 2.69. The van der Waals surface area contributed by atoms with Crippen LogP contribution in [0.1, 0.15) is 35.3 Å². The van der Waals surface area contributed by atoms with Gasteiger partial charge >= 0.3 is 16.3 Å². The van der Waals surface area contributed by atoms with Crippen LogP contribution in [0.4, 0.5) is 13.2 Å². The van der Waals surface area contributed by atoms with Gasteiger partial charge in [-0.25, -0.2) is 0 Å². The number of hydrogen-bond donors (Lipinski definition) is 0. The Balaban J connectivity index is 2.19. The van der Waals surface area contributed by atoms with Crippen molar-refractivity contribution in [3.8, 4) is 5.75 Å². The summed E-state index contributed by atoms with van der Waals surface area (Å²) in [5.74, 6) is -0.0918. The fraction of sp³-hybridized carbons (Fsp3) is 0.350. The van der Waals surface area contributed by atoms with Gasteiger partial charge in [0.1, 0.15) is 5.75 Å². The molecule has 2 rings (SSSR count). The van der Waals surface area contributed by atoms with Crippen LogP contribution in [0.5, 0.6) is 5.75 Å². The minimum Gasteiger partial charge on any atom is -0.383 e. The van der Waals surface area contributed by atoms with Crippen molar-refractivity contribution in [2.45, 2.75) is 26.6 Å². The van der Waals surface area contributed by atoms with E-state index in [9.17, 15) is 26.4 Å². The molecule has 0 saturated heterocycles. The normalized spacial score (nSPS) is 12.1. The summed E-state index contributed by atoms with van der Waals surface area (Å²) in [6, 6.07) is 10.3. The van der Waals surface area contributed by atoms with E-state index < -0.39 is 21.9 Å². The lowest BCUT2D eigenvalue weighted by atomic mass is 10.1. The minimum absolute atomic E-state index is 0.140. The lowest BCUT2D eigenvalue weighted by Crippen LogP contribution is -2.33. The summed E-state index contributed by atoms with van der Waals surface area (Å²) >= 11 is 0. The molecular formula is C20H22F3NO4S. The number of benzene rings is 2. The molecule has 1 amide bonds. The van der Waals surface area contributed by atoms with Crippen molar-refractivity contribution in [1.82, 2.24) is 4.90 Å². The summed E-state index contributed by atoms with van der Waals surface area (Å²) in [5.41, 5.74) is 0.0772. The Morgan fingerprint density at radius 1 is 1.03 bits per heavy atom. The summed E-state index contributed by atoms with van der Waals surface area (Å²) in [6.07, 6.45) is -3.52. The van der Waals surface area contributed by atoms with Crippen LogP contribution in [0.25, 0.3) is 0 Å². The number of hydrogen-bond acceptors (Lipinski definition) is 4. The van der Waals surface area contributed by atoms with Crippen LogP contribution in [0.2, 0.25) is 0 Å². The highest BCUT2D eigenvalue weighted by Crippen LogP contribution is 2.29. The second kappa shape index (κ2) is 8.86. The minimum atomic E-state index is -4.46. The Labute approximate surface area is 168 Å². The van der Waals surface area contributed by atoms with E-state index in [0.717, 1.165) is 24.0 Å². The van der Waals surface area contributed by atoms with Gasteiger partial charge in [0.05, 0.1) is 11.8 Å². The van der Waals surface area contributed by atoms with Crippen molar-refractivity contribution in [1.29, 1.82) is 0 Å². The molecule has 0 aliphatic rings. The molecule has 29 heavy (non-hydrogen) atoms. The van der Waals surface area contributed by atoms with Crippen molar-refractivity contribution in [2.24, 2.45) is 5.92 Å². The standard InChI is InChI=1S/C20H22F3NO4S/c1-14(2)12-24(13-15-4-10-18(11-5-15)28-29(3,26)27)19(25)16-6-8-17(9-7-16)20(21,22)23/h4-11,14H,12-13H2,1-3H3. The summed E-state index contributed by atoms with van der Waals surface area (Å²) in [7, 11) is -3.64. The molecule has 2 aromatic carbocycles. The Morgan fingerprint density at radius 3 is 2.03 bits per heavy atom. The molecule has 0 spiro atoms. The van der Waals surface area contributed by atoms with Crippen molar-refractivity contribution >= 4 is 16.0 Å². The average molecular weight is 429 g/mol. The van der Waals surface area contributed by atoms with Crippen molar-refractivity contribution in [3.63, 3.8) is 0 Å². The van der Waals surface area contributed by atoms with E-state index in [2.05, 4.69) is 0 Å². The van der Waals surface area contributed by atoms with Crippen LogP contribution >= 0.6 is 0 Å². The molecule has 0 unspecified atom stereocenters. The third kappa shape index (κ3) is 7.08. The molecule has 0 N–H and O–H groups in total. The predicted molar refractivity (Wildman–Crippen MR) is 103 cm³/mol.